The molecule has 0 amide bonds. The Labute approximate surface area is 102 Å². The molecule has 1 heterocycles. The molecule has 0 unspecified atom stereocenters. The van der Waals surface area contributed by atoms with E-state index in [2.05, 4.69) is 18.7 Å². The number of aryl methyl sites for hydroxylation is 1. The van der Waals surface area contributed by atoms with Crippen LogP contribution in [0.2, 0.25) is 0 Å². The fourth-order valence-corrected chi connectivity index (χ4v) is 1.99. The lowest BCUT2D eigenvalue weighted by molar-refractivity contribution is 0.292. The molecule has 4 heteroatoms. The maximum Gasteiger partial charge on any atom is 0.254 e. The van der Waals surface area contributed by atoms with Gasteiger partial charge >= 0.3 is 0 Å². The summed E-state index contributed by atoms with van der Waals surface area (Å²) < 4.78 is 1.71. The summed E-state index contributed by atoms with van der Waals surface area (Å²) in [6.45, 7) is 9.92. The highest BCUT2D eigenvalue weighted by Crippen LogP contribution is 2.07. The summed E-state index contributed by atoms with van der Waals surface area (Å²) in [7, 11) is 0. The standard InChI is InChI=1S/C13H22N2O2/c1-4-14(5-2)7-6-8-15-11(3)9-12(16)10-13(15)17/h9-10,16H,4-8H2,1-3H3. The zero-order valence-corrected chi connectivity index (χ0v) is 10.9. The van der Waals surface area contributed by atoms with Crippen LogP contribution >= 0.6 is 0 Å². The highest BCUT2D eigenvalue weighted by atomic mass is 16.3. The Kier molecular flexibility index (Phi) is 5.22. The van der Waals surface area contributed by atoms with Crippen molar-refractivity contribution in [3.63, 3.8) is 0 Å². The van der Waals surface area contributed by atoms with Crippen molar-refractivity contribution < 1.29 is 5.11 Å². The molecule has 0 bridgehead atoms. The summed E-state index contributed by atoms with van der Waals surface area (Å²) in [4.78, 5) is 14.0. The Hall–Kier alpha value is -1.29. The number of nitrogens with zero attached hydrogens (tertiary/aromatic N) is 2. The fraction of sp³-hybridized carbons (Fsp3) is 0.615. The van der Waals surface area contributed by atoms with E-state index in [0.717, 1.165) is 31.7 Å². The van der Waals surface area contributed by atoms with E-state index in [-0.39, 0.29) is 11.3 Å². The molecule has 1 N–H and O–H groups in total. The van der Waals surface area contributed by atoms with Gasteiger partial charge in [0, 0.05) is 18.3 Å². The fourth-order valence-electron chi connectivity index (χ4n) is 1.99. The minimum absolute atomic E-state index is 0.0486. The molecule has 1 rings (SSSR count). The summed E-state index contributed by atoms with van der Waals surface area (Å²) in [5.41, 5.74) is 0.691. The number of aromatic nitrogens is 1. The Bertz CT molecular complexity index is 408. The average molecular weight is 238 g/mol. The van der Waals surface area contributed by atoms with Crippen molar-refractivity contribution in [2.45, 2.75) is 33.7 Å². The lowest BCUT2D eigenvalue weighted by Gasteiger charge is -2.18. The number of pyridine rings is 1. The predicted octanol–water partition coefficient (Wildman–Crippen LogP) is 1.59. The number of hydrogen-bond acceptors (Lipinski definition) is 3. The Morgan fingerprint density at radius 2 is 1.94 bits per heavy atom. The second-order valence-electron chi connectivity index (χ2n) is 4.23. The Morgan fingerprint density at radius 1 is 1.29 bits per heavy atom. The van der Waals surface area contributed by atoms with Gasteiger partial charge in [0.05, 0.1) is 0 Å². The van der Waals surface area contributed by atoms with Gasteiger partial charge in [-0.3, -0.25) is 4.79 Å². The molecule has 0 radical (unpaired) electrons. The zero-order valence-electron chi connectivity index (χ0n) is 10.9. The van der Waals surface area contributed by atoms with Crippen molar-refractivity contribution in [1.82, 2.24) is 9.47 Å². The van der Waals surface area contributed by atoms with E-state index in [9.17, 15) is 9.90 Å². The predicted molar refractivity (Wildman–Crippen MR) is 69.5 cm³/mol. The molecule has 0 fully saturated rings. The first kappa shape index (κ1) is 13.8. The molecule has 1 aromatic heterocycles. The third kappa shape index (κ3) is 3.89. The van der Waals surface area contributed by atoms with Crippen molar-refractivity contribution in [2.24, 2.45) is 0 Å². The lowest BCUT2D eigenvalue weighted by atomic mass is 10.3. The van der Waals surface area contributed by atoms with Crippen LogP contribution in [0.4, 0.5) is 0 Å². The van der Waals surface area contributed by atoms with Crippen LogP contribution in [0, 0.1) is 6.92 Å². The molecular weight excluding hydrogens is 216 g/mol. The molecule has 96 valence electrons. The minimum atomic E-state index is -0.123. The third-order valence-electron chi connectivity index (χ3n) is 3.07. The first-order valence-corrected chi connectivity index (χ1v) is 6.21. The normalized spacial score (nSPS) is 11.1. The average Bonchev–Trinajstić information content (AvgIpc) is 2.27. The summed E-state index contributed by atoms with van der Waals surface area (Å²) >= 11 is 0. The van der Waals surface area contributed by atoms with E-state index in [0.29, 0.717) is 6.54 Å². The molecule has 0 aliphatic rings. The van der Waals surface area contributed by atoms with Gasteiger partial charge in [-0.25, -0.2) is 0 Å². The van der Waals surface area contributed by atoms with Crippen LogP contribution in [0.3, 0.4) is 0 Å². The Morgan fingerprint density at radius 3 is 2.47 bits per heavy atom. The van der Waals surface area contributed by atoms with Crippen molar-refractivity contribution in [1.29, 1.82) is 0 Å². The van der Waals surface area contributed by atoms with Gasteiger partial charge in [-0.15, -0.1) is 0 Å². The van der Waals surface area contributed by atoms with Crippen LogP contribution < -0.4 is 5.56 Å². The summed E-state index contributed by atoms with van der Waals surface area (Å²) in [5, 5.41) is 9.29. The molecule has 0 saturated heterocycles. The quantitative estimate of drug-likeness (QED) is 0.818. The molecule has 0 aliphatic carbocycles. The van der Waals surface area contributed by atoms with E-state index in [4.69, 9.17) is 0 Å². The van der Waals surface area contributed by atoms with Gasteiger partial charge in [-0.1, -0.05) is 13.8 Å². The van der Waals surface area contributed by atoms with Gasteiger partial charge in [0.2, 0.25) is 0 Å². The molecule has 0 spiro atoms. The first-order valence-electron chi connectivity index (χ1n) is 6.21. The van der Waals surface area contributed by atoms with E-state index in [1.54, 1.807) is 10.6 Å². The van der Waals surface area contributed by atoms with Crippen LogP contribution in [0.5, 0.6) is 5.75 Å². The highest BCUT2D eigenvalue weighted by Gasteiger charge is 2.04. The van der Waals surface area contributed by atoms with Gasteiger partial charge in [-0.2, -0.15) is 0 Å². The molecule has 0 aliphatic heterocycles. The molecule has 0 saturated carbocycles. The summed E-state index contributed by atoms with van der Waals surface area (Å²) in [5.74, 6) is 0.0486. The van der Waals surface area contributed by atoms with E-state index in [1.807, 2.05) is 6.92 Å². The SMILES string of the molecule is CCN(CC)CCCn1c(C)cc(O)cc1=O. The topological polar surface area (TPSA) is 45.5 Å². The summed E-state index contributed by atoms with van der Waals surface area (Å²) in [6, 6.07) is 2.89. The van der Waals surface area contributed by atoms with Crippen LogP contribution in [0.25, 0.3) is 0 Å². The number of aromatic hydroxyl groups is 1. The molecule has 1 aromatic rings. The van der Waals surface area contributed by atoms with Crippen LogP contribution in [-0.2, 0) is 6.54 Å². The van der Waals surface area contributed by atoms with Crippen molar-refractivity contribution in [3.05, 3.63) is 28.2 Å². The molecular formula is C13H22N2O2. The van der Waals surface area contributed by atoms with Gasteiger partial charge in [0.15, 0.2) is 0 Å². The Balaban J connectivity index is 2.61. The maximum atomic E-state index is 11.7. The first-order chi connectivity index (χ1) is 8.08. The minimum Gasteiger partial charge on any atom is -0.508 e. The molecule has 0 atom stereocenters. The lowest BCUT2D eigenvalue weighted by Crippen LogP contribution is -2.27. The van der Waals surface area contributed by atoms with Gasteiger partial charge in [0.25, 0.3) is 5.56 Å². The zero-order chi connectivity index (χ0) is 12.8. The highest BCUT2D eigenvalue weighted by molar-refractivity contribution is 5.21. The number of rotatable bonds is 6. The van der Waals surface area contributed by atoms with Crippen LogP contribution in [0.15, 0.2) is 16.9 Å². The monoisotopic (exact) mass is 238 g/mol. The third-order valence-corrected chi connectivity index (χ3v) is 3.07. The van der Waals surface area contributed by atoms with Gasteiger partial charge in [0.1, 0.15) is 5.75 Å². The molecule has 4 nitrogen and oxygen atoms in total. The largest absolute Gasteiger partial charge is 0.508 e. The van der Waals surface area contributed by atoms with Gasteiger partial charge in [-0.05, 0) is 39.0 Å². The van der Waals surface area contributed by atoms with Crippen molar-refractivity contribution in [3.8, 4) is 5.75 Å². The molecule has 17 heavy (non-hydrogen) atoms. The van der Waals surface area contributed by atoms with Gasteiger partial charge < -0.3 is 14.6 Å². The second kappa shape index (κ2) is 6.45. The van der Waals surface area contributed by atoms with Crippen LogP contribution in [-0.4, -0.2) is 34.2 Å². The smallest absolute Gasteiger partial charge is 0.254 e. The van der Waals surface area contributed by atoms with Crippen molar-refractivity contribution >= 4 is 0 Å². The van der Waals surface area contributed by atoms with E-state index in [1.165, 1.54) is 6.07 Å². The van der Waals surface area contributed by atoms with E-state index >= 15 is 0 Å². The molecule has 0 aromatic carbocycles. The van der Waals surface area contributed by atoms with Crippen LogP contribution in [0.1, 0.15) is 26.0 Å². The number of hydrogen-bond donors (Lipinski definition) is 1. The second-order valence-corrected chi connectivity index (χ2v) is 4.23. The van der Waals surface area contributed by atoms with Crippen molar-refractivity contribution in [2.75, 3.05) is 19.6 Å². The van der Waals surface area contributed by atoms with E-state index < -0.39 is 0 Å². The summed E-state index contributed by atoms with van der Waals surface area (Å²) in [6.07, 6.45) is 0.952. The maximum absolute atomic E-state index is 11.7.